The highest BCUT2D eigenvalue weighted by atomic mass is 16.6. The lowest BCUT2D eigenvalue weighted by Crippen LogP contribution is -2.50. The Balaban J connectivity index is 2.18. The smallest absolute Gasteiger partial charge is 0.410 e. The van der Waals surface area contributed by atoms with Crippen LogP contribution in [0.15, 0.2) is 23.1 Å². The van der Waals surface area contributed by atoms with Crippen molar-refractivity contribution in [3.63, 3.8) is 0 Å². The Bertz CT molecular complexity index is 513. The number of aromatic nitrogens is 1. The van der Waals surface area contributed by atoms with Crippen LogP contribution in [0, 0.1) is 0 Å². The van der Waals surface area contributed by atoms with Gasteiger partial charge >= 0.3 is 6.09 Å². The minimum atomic E-state index is -0.516. The number of hydrogen-bond donors (Lipinski definition) is 2. The third kappa shape index (κ3) is 3.60. The molecule has 0 radical (unpaired) electrons. The summed E-state index contributed by atoms with van der Waals surface area (Å²) in [6.07, 6.45) is 1.33. The minimum absolute atomic E-state index is 0.129. The number of aromatic amines is 1. The van der Waals surface area contributed by atoms with Gasteiger partial charge in [-0.2, -0.15) is 0 Å². The summed E-state index contributed by atoms with van der Waals surface area (Å²) in [5.41, 5.74) is 0.223. The number of carbonyl (C=O) groups is 1. The number of hydrogen-bond acceptors (Lipinski definition) is 4. The average molecular weight is 279 g/mol. The first-order chi connectivity index (χ1) is 9.37. The predicted molar refractivity (Wildman–Crippen MR) is 75.6 cm³/mol. The number of nitrogens with one attached hydrogen (secondary N) is 2. The van der Waals surface area contributed by atoms with E-state index in [4.69, 9.17) is 4.74 Å². The molecule has 6 nitrogen and oxygen atoms in total. The zero-order valence-electron chi connectivity index (χ0n) is 12.1. The number of H-pyrrole nitrogens is 1. The first kappa shape index (κ1) is 14.6. The zero-order chi connectivity index (χ0) is 14.8. The van der Waals surface area contributed by atoms with Gasteiger partial charge < -0.3 is 15.0 Å². The number of pyridine rings is 1. The third-order valence-corrected chi connectivity index (χ3v) is 3.06. The van der Waals surface area contributed by atoms with Crippen LogP contribution in [0.2, 0.25) is 0 Å². The number of carbonyl (C=O) groups excluding carboxylic acids is 1. The Morgan fingerprint density at radius 2 is 2.15 bits per heavy atom. The van der Waals surface area contributed by atoms with Crippen LogP contribution < -0.4 is 10.9 Å². The second-order valence-electron chi connectivity index (χ2n) is 5.88. The van der Waals surface area contributed by atoms with Crippen molar-refractivity contribution in [1.82, 2.24) is 15.2 Å². The fraction of sp³-hybridized carbons (Fsp3) is 0.571. The van der Waals surface area contributed by atoms with E-state index in [2.05, 4.69) is 10.3 Å². The summed E-state index contributed by atoms with van der Waals surface area (Å²) in [6, 6.07) is 3.08. The predicted octanol–water partition coefficient (Wildman–Crippen LogP) is 1.26. The quantitative estimate of drug-likeness (QED) is 0.811. The standard InChI is InChI=1S/C14H21N3O3/c1-14(2,3)20-13(19)17-7-6-15-9-11(17)10-4-5-12(18)16-8-10/h4-5,8,11,15H,6-7,9H2,1-3H3,(H,16,18). The molecule has 1 atom stereocenters. The van der Waals surface area contributed by atoms with Crippen molar-refractivity contribution in [3.05, 3.63) is 34.2 Å². The molecule has 0 bridgehead atoms. The van der Waals surface area contributed by atoms with Gasteiger partial charge in [-0.05, 0) is 32.4 Å². The second kappa shape index (κ2) is 5.66. The fourth-order valence-corrected chi connectivity index (χ4v) is 2.17. The average Bonchev–Trinajstić information content (AvgIpc) is 2.38. The summed E-state index contributed by atoms with van der Waals surface area (Å²) in [7, 11) is 0. The van der Waals surface area contributed by atoms with Gasteiger partial charge in [0.15, 0.2) is 0 Å². The van der Waals surface area contributed by atoms with Gasteiger partial charge in [-0.15, -0.1) is 0 Å². The maximum atomic E-state index is 12.3. The largest absolute Gasteiger partial charge is 0.444 e. The molecular weight excluding hydrogens is 258 g/mol. The maximum absolute atomic E-state index is 12.3. The molecular formula is C14H21N3O3. The molecule has 1 aromatic rings. The summed E-state index contributed by atoms with van der Waals surface area (Å²) < 4.78 is 5.44. The second-order valence-corrected chi connectivity index (χ2v) is 5.88. The summed E-state index contributed by atoms with van der Waals surface area (Å²) in [5, 5.41) is 3.25. The molecule has 1 aromatic heterocycles. The Hall–Kier alpha value is -1.82. The number of nitrogens with zero attached hydrogens (tertiary/aromatic N) is 1. The van der Waals surface area contributed by atoms with E-state index in [9.17, 15) is 9.59 Å². The van der Waals surface area contributed by atoms with Crippen molar-refractivity contribution in [2.24, 2.45) is 0 Å². The highest BCUT2D eigenvalue weighted by molar-refractivity contribution is 5.69. The number of rotatable bonds is 1. The summed E-state index contributed by atoms with van der Waals surface area (Å²) >= 11 is 0. The van der Waals surface area contributed by atoms with E-state index in [1.54, 1.807) is 17.2 Å². The highest BCUT2D eigenvalue weighted by Gasteiger charge is 2.31. The van der Waals surface area contributed by atoms with Gasteiger partial charge in [-0.3, -0.25) is 9.69 Å². The van der Waals surface area contributed by atoms with Crippen LogP contribution in [0.25, 0.3) is 0 Å². The van der Waals surface area contributed by atoms with Crippen LogP contribution in [0.3, 0.4) is 0 Å². The normalized spacial score (nSPS) is 19.8. The van der Waals surface area contributed by atoms with Gasteiger partial charge in [0, 0.05) is 31.9 Å². The van der Waals surface area contributed by atoms with Gasteiger partial charge in [0.25, 0.3) is 0 Å². The molecule has 0 spiro atoms. The number of ether oxygens (including phenoxy) is 1. The van der Waals surface area contributed by atoms with E-state index in [-0.39, 0.29) is 17.7 Å². The monoisotopic (exact) mass is 279 g/mol. The van der Waals surface area contributed by atoms with Crippen LogP contribution in [0.5, 0.6) is 0 Å². The van der Waals surface area contributed by atoms with Crippen molar-refractivity contribution in [3.8, 4) is 0 Å². The third-order valence-electron chi connectivity index (χ3n) is 3.06. The maximum Gasteiger partial charge on any atom is 0.410 e. The zero-order valence-corrected chi connectivity index (χ0v) is 12.1. The molecule has 110 valence electrons. The lowest BCUT2D eigenvalue weighted by molar-refractivity contribution is 0.0117. The molecule has 1 fully saturated rings. The molecule has 2 rings (SSSR count). The molecule has 0 aliphatic carbocycles. The summed E-state index contributed by atoms with van der Waals surface area (Å²) in [4.78, 5) is 27.7. The van der Waals surface area contributed by atoms with Gasteiger partial charge in [-0.25, -0.2) is 4.79 Å². The van der Waals surface area contributed by atoms with Crippen molar-refractivity contribution >= 4 is 6.09 Å². The molecule has 1 unspecified atom stereocenters. The summed E-state index contributed by atoms with van der Waals surface area (Å²) in [6.45, 7) is 7.51. The molecule has 0 saturated carbocycles. The number of amides is 1. The first-order valence-corrected chi connectivity index (χ1v) is 6.76. The Kier molecular flexibility index (Phi) is 4.13. The lowest BCUT2D eigenvalue weighted by atomic mass is 10.1. The van der Waals surface area contributed by atoms with Crippen molar-refractivity contribution in [2.75, 3.05) is 19.6 Å². The molecule has 6 heteroatoms. The fourth-order valence-electron chi connectivity index (χ4n) is 2.17. The van der Waals surface area contributed by atoms with E-state index in [0.717, 1.165) is 12.1 Å². The van der Waals surface area contributed by atoms with Gasteiger partial charge in [0.2, 0.25) is 5.56 Å². The van der Waals surface area contributed by atoms with E-state index >= 15 is 0 Å². The number of piperazine rings is 1. The van der Waals surface area contributed by atoms with E-state index in [0.29, 0.717) is 13.1 Å². The van der Waals surface area contributed by atoms with Crippen molar-refractivity contribution in [2.45, 2.75) is 32.4 Å². The molecule has 1 amide bonds. The van der Waals surface area contributed by atoms with Crippen molar-refractivity contribution < 1.29 is 9.53 Å². The SMILES string of the molecule is CC(C)(C)OC(=O)N1CCNCC1c1ccc(=O)[nH]c1. The van der Waals surface area contributed by atoms with Crippen molar-refractivity contribution in [1.29, 1.82) is 0 Å². The van der Waals surface area contributed by atoms with Gasteiger partial charge in [-0.1, -0.05) is 0 Å². The van der Waals surface area contributed by atoms with Crippen LogP contribution in [0.4, 0.5) is 4.79 Å². The molecule has 0 aromatic carbocycles. The van der Waals surface area contributed by atoms with E-state index in [1.165, 1.54) is 6.07 Å². The molecule has 2 heterocycles. The molecule has 1 aliphatic rings. The molecule has 2 N–H and O–H groups in total. The van der Waals surface area contributed by atoms with Crippen LogP contribution in [-0.2, 0) is 4.74 Å². The van der Waals surface area contributed by atoms with Gasteiger partial charge in [0.05, 0.1) is 6.04 Å². The topological polar surface area (TPSA) is 74.4 Å². The molecule has 1 saturated heterocycles. The van der Waals surface area contributed by atoms with E-state index < -0.39 is 5.60 Å². The first-order valence-electron chi connectivity index (χ1n) is 6.76. The highest BCUT2D eigenvalue weighted by Crippen LogP contribution is 2.23. The molecule has 20 heavy (non-hydrogen) atoms. The minimum Gasteiger partial charge on any atom is -0.444 e. The van der Waals surface area contributed by atoms with Crippen LogP contribution in [0.1, 0.15) is 32.4 Å². The van der Waals surface area contributed by atoms with Crippen LogP contribution in [-0.4, -0.2) is 41.2 Å². The van der Waals surface area contributed by atoms with Gasteiger partial charge in [0.1, 0.15) is 5.60 Å². The molecule has 1 aliphatic heterocycles. The Morgan fingerprint density at radius 1 is 1.40 bits per heavy atom. The lowest BCUT2D eigenvalue weighted by Gasteiger charge is -2.37. The Labute approximate surface area is 118 Å². The van der Waals surface area contributed by atoms with Crippen LogP contribution >= 0.6 is 0 Å². The Morgan fingerprint density at radius 3 is 2.75 bits per heavy atom. The summed E-state index contributed by atoms with van der Waals surface area (Å²) in [5.74, 6) is 0. The van der Waals surface area contributed by atoms with E-state index in [1.807, 2.05) is 20.8 Å².